The molecule has 4 nitrogen and oxygen atoms in total. The van der Waals surface area contributed by atoms with Crippen molar-refractivity contribution in [1.82, 2.24) is 5.32 Å². The largest absolute Gasteiger partial charge is 0.367 e. The summed E-state index contributed by atoms with van der Waals surface area (Å²) in [7, 11) is 0. The second-order valence-corrected chi connectivity index (χ2v) is 4.08. The molecule has 1 aromatic rings. The van der Waals surface area contributed by atoms with E-state index < -0.39 is 0 Å². The van der Waals surface area contributed by atoms with Crippen molar-refractivity contribution in [2.45, 2.75) is 6.92 Å². The van der Waals surface area contributed by atoms with Gasteiger partial charge in [-0.1, -0.05) is 0 Å². The van der Waals surface area contributed by atoms with Crippen LogP contribution in [-0.2, 0) is 4.79 Å². The van der Waals surface area contributed by atoms with Crippen LogP contribution in [0.3, 0.4) is 0 Å². The smallest absolute Gasteiger partial charge is 0.221 e. The van der Waals surface area contributed by atoms with Gasteiger partial charge in [-0.25, -0.2) is 4.39 Å². The molecule has 0 atom stereocenters. The molecule has 92 valence electrons. The number of carbonyl (C=O) groups excluding carboxylic acids is 1. The molecule has 1 heterocycles. The Labute approximate surface area is 99.8 Å². The maximum atomic E-state index is 13.9. The fourth-order valence-corrected chi connectivity index (χ4v) is 1.95. The number of piperazine rings is 1. The van der Waals surface area contributed by atoms with Crippen LogP contribution in [0.1, 0.15) is 6.92 Å². The van der Waals surface area contributed by atoms with E-state index in [0.29, 0.717) is 11.4 Å². The second-order valence-electron chi connectivity index (χ2n) is 4.08. The molecule has 5 heteroatoms. The third-order valence-corrected chi connectivity index (χ3v) is 2.73. The van der Waals surface area contributed by atoms with Crippen LogP contribution in [0.25, 0.3) is 0 Å². The number of nitrogens with zero attached hydrogens (tertiary/aromatic N) is 1. The van der Waals surface area contributed by atoms with Crippen LogP contribution in [0, 0.1) is 5.82 Å². The van der Waals surface area contributed by atoms with Crippen LogP contribution < -0.4 is 15.5 Å². The fraction of sp³-hybridized carbons (Fsp3) is 0.417. The van der Waals surface area contributed by atoms with Crippen LogP contribution in [0.2, 0.25) is 0 Å². The molecule has 1 aliphatic rings. The van der Waals surface area contributed by atoms with E-state index in [-0.39, 0.29) is 11.7 Å². The van der Waals surface area contributed by atoms with Crippen molar-refractivity contribution in [3.63, 3.8) is 0 Å². The summed E-state index contributed by atoms with van der Waals surface area (Å²) in [5, 5.41) is 5.79. The van der Waals surface area contributed by atoms with Crippen LogP contribution >= 0.6 is 0 Å². The third kappa shape index (κ3) is 2.94. The molecule has 0 bridgehead atoms. The van der Waals surface area contributed by atoms with Gasteiger partial charge in [0.15, 0.2) is 0 Å². The predicted molar refractivity (Wildman–Crippen MR) is 65.8 cm³/mol. The molecule has 0 saturated carbocycles. The summed E-state index contributed by atoms with van der Waals surface area (Å²) in [6, 6.07) is 4.80. The van der Waals surface area contributed by atoms with Crippen LogP contribution in [-0.4, -0.2) is 32.1 Å². The number of halogens is 1. The molecule has 1 aliphatic heterocycles. The number of hydrogen-bond donors (Lipinski definition) is 2. The summed E-state index contributed by atoms with van der Waals surface area (Å²) in [6.45, 7) is 4.74. The maximum Gasteiger partial charge on any atom is 0.221 e. The highest BCUT2D eigenvalue weighted by molar-refractivity contribution is 5.88. The Hall–Kier alpha value is -1.62. The van der Waals surface area contributed by atoms with E-state index in [1.54, 1.807) is 12.1 Å². The minimum atomic E-state index is -0.293. The lowest BCUT2D eigenvalue weighted by atomic mass is 10.2. The van der Waals surface area contributed by atoms with Crippen molar-refractivity contribution in [1.29, 1.82) is 0 Å². The predicted octanol–water partition coefficient (Wildman–Crippen LogP) is 1.19. The molecule has 0 aromatic heterocycles. The number of carbonyl (C=O) groups is 1. The summed E-state index contributed by atoms with van der Waals surface area (Å²) in [6.07, 6.45) is 0. The average Bonchev–Trinajstić information content (AvgIpc) is 2.29. The zero-order valence-corrected chi connectivity index (χ0v) is 9.79. The molecule has 1 amide bonds. The van der Waals surface area contributed by atoms with E-state index in [2.05, 4.69) is 10.6 Å². The number of hydrogen-bond acceptors (Lipinski definition) is 3. The monoisotopic (exact) mass is 237 g/mol. The lowest BCUT2D eigenvalue weighted by Gasteiger charge is -2.29. The van der Waals surface area contributed by atoms with Gasteiger partial charge in [0.05, 0.1) is 5.69 Å². The van der Waals surface area contributed by atoms with Crippen LogP contribution in [0.15, 0.2) is 18.2 Å². The highest BCUT2D eigenvalue weighted by Gasteiger charge is 2.14. The minimum Gasteiger partial charge on any atom is -0.367 e. The molecular weight excluding hydrogens is 221 g/mol. The summed E-state index contributed by atoms with van der Waals surface area (Å²) in [5.74, 6) is -0.488. The highest BCUT2D eigenvalue weighted by Crippen LogP contribution is 2.23. The molecule has 2 rings (SSSR count). The number of nitrogens with one attached hydrogen (secondary N) is 2. The highest BCUT2D eigenvalue weighted by atomic mass is 19.1. The zero-order chi connectivity index (χ0) is 12.3. The van der Waals surface area contributed by atoms with Crippen molar-refractivity contribution in [2.24, 2.45) is 0 Å². The Kier molecular flexibility index (Phi) is 3.58. The van der Waals surface area contributed by atoms with Crippen molar-refractivity contribution >= 4 is 17.3 Å². The van der Waals surface area contributed by atoms with E-state index in [1.807, 2.05) is 4.90 Å². The molecule has 0 spiro atoms. The Morgan fingerprint density at radius 2 is 2.12 bits per heavy atom. The lowest BCUT2D eigenvalue weighted by molar-refractivity contribution is -0.114. The van der Waals surface area contributed by atoms with E-state index >= 15 is 0 Å². The van der Waals surface area contributed by atoms with Gasteiger partial charge in [0.2, 0.25) is 5.91 Å². The number of rotatable bonds is 2. The molecular formula is C12H16FN3O. The average molecular weight is 237 g/mol. The quantitative estimate of drug-likeness (QED) is 0.812. The number of amides is 1. The topological polar surface area (TPSA) is 44.4 Å². The Bertz CT molecular complexity index is 416. The molecule has 17 heavy (non-hydrogen) atoms. The van der Waals surface area contributed by atoms with Gasteiger partial charge < -0.3 is 15.5 Å². The second kappa shape index (κ2) is 5.14. The van der Waals surface area contributed by atoms with Crippen molar-refractivity contribution in [3.05, 3.63) is 24.0 Å². The first kappa shape index (κ1) is 11.9. The molecule has 1 saturated heterocycles. The first-order valence-electron chi connectivity index (χ1n) is 5.69. The zero-order valence-electron chi connectivity index (χ0n) is 9.79. The van der Waals surface area contributed by atoms with Crippen molar-refractivity contribution < 1.29 is 9.18 Å². The van der Waals surface area contributed by atoms with Crippen LogP contribution in [0.4, 0.5) is 15.8 Å². The summed E-state index contributed by atoms with van der Waals surface area (Å²) >= 11 is 0. The number of benzene rings is 1. The van der Waals surface area contributed by atoms with Crippen LogP contribution in [0.5, 0.6) is 0 Å². The van der Waals surface area contributed by atoms with Gasteiger partial charge >= 0.3 is 0 Å². The van der Waals surface area contributed by atoms with Gasteiger partial charge in [0.25, 0.3) is 0 Å². The fourth-order valence-electron chi connectivity index (χ4n) is 1.95. The van der Waals surface area contributed by atoms with E-state index in [9.17, 15) is 9.18 Å². The minimum absolute atomic E-state index is 0.195. The molecule has 0 unspecified atom stereocenters. The van der Waals surface area contributed by atoms with Crippen molar-refractivity contribution in [3.8, 4) is 0 Å². The van der Waals surface area contributed by atoms with Gasteiger partial charge in [-0.2, -0.15) is 0 Å². The van der Waals surface area contributed by atoms with Gasteiger partial charge in [-0.3, -0.25) is 4.79 Å². The van der Waals surface area contributed by atoms with Gasteiger partial charge in [0.1, 0.15) is 5.82 Å². The Morgan fingerprint density at radius 1 is 1.41 bits per heavy atom. The SMILES string of the molecule is CC(=O)Nc1ccc(N2CCNCC2)c(F)c1. The van der Waals surface area contributed by atoms with Crippen molar-refractivity contribution in [2.75, 3.05) is 36.4 Å². The Balaban J connectivity index is 2.15. The van der Waals surface area contributed by atoms with E-state index in [4.69, 9.17) is 0 Å². The Morgan fingerprint density at radius 3 is 2.71 bits per heavy atom. The summed E-state index contributed by atoms with van der Waals surface area (Å²) < 4.78 is 13.9. The number of anilines is 2. The molecule has 2 N–H and O–H groups in total. The third-order valence-electron chi connectivity index (χ3n) is 2.73. The first-order chi connectivity index (χ1) is 8.16. The summed E-state index contributed by atoms with van der Waals surface area (Å²) in [5.41, 5.74) is 1.09. The van der Waals surface area contributed by atoms with Gasteiger partial charge in [-0.15, -0.1) is 0 Å². The lowest BCUT2D eigenvalue weighted by Crippen LogP contribution is -2.43. The first-order valence-corrected chi connectivity index (χ1v) is 5.69. The molecule has 0 radical (unpaired) electrons. The van der Waals surface area contributed by atoms with E-state index in [1.165, 1.54) is 13.0 Å². The molecule has 1 aromatic carbocycles. The van der Waals surface area contributed by atoms with Gasteiger partial charge in [0, 0.05) is 38.8 Å². The molecule has 1 fully saturated rings. The van der Waals surface area contributed by atoms with Gasteiger partial charge in [-0.05, 0) is 18.2 Å². The maximum absolute atomic E-state index is 13.9. The molecule has 0 aliphatic carbocycles. The normalized spacial score (nSPS) is 15.8. The standard InChI is InChI=1S/C12H16FN3O/c1-9(17)15-10-2-3-12(11(13)8-10)16-6-4-14-5-7-16/h2-3,8,14H,4-7H2,1H3,(H,15,17). The summed E-state index contributed by atoms with van der Waals surface area (Å²) in [4.78, 5) is 12.9. The van der Waals surface area contributed by atoms with E-state index in [0.717, 1.165) is 26.2 Å².